The summed E-state index contributed by atoms with van der Waals surface area (Å²) < 4.78 is 5.62. The number of ether oxygens (including phenoxy) is 1. The van der Waals surface area contributed by atoms with Crippen LogP contribution in [0, 0.1) is 0 Å². The van der Waals surface area contributed by atoms with Crippen molar-refractivity contribution in [2.45, 2.75) is 45.4 Å². The van der Waals surface area contributed by atoms with Crippen LogP contribution in [0.4, 0.5) is 10.8 Å². The summed E-state index contributed by atoms with van der Waals surface area (Å²) in [6.45, 7) is 10.4. The molecule has 4 rings (SSSR count). The predicted molar refractivity (Wildman–Crippen MR) is 145 cm³/mol. The zero-order valence-corrected chi connectivity index (χ0v) is 22.1. The third-order valence-electron chi connectivity index (χ3n) is 5.79. The van der Waals surface area contributed by atoms with Crippen molar-refractivity contribution in [1.29, 1.82) is 0 Å². The molecule has 2 fully saturated rings. The van der Waals surface area contributed by atoms with E-state index in [1.807, 2.05) is 17.5 Å². The first-order valence-corrected chi connectivity index (χ1v) is 12.2. The number of hydrogen-bond acceptors (Lipinski definition) is 6. The highest BCUT2D eigenvalue weighted by Crippen LogP contribution is 2.24. The molecule has 2 aliphatic rings. The van der Waals surface area contributed by atoms with Crippen LogP contribution < -0.4 is 20.4 Å². The Morgan fingerprint density at radius 3 is 2.72 bits per heavy atom. The van der Waals surface area contributed by atoms with E-state index in [1.165, 1.54) is 5.00 Å². The summed E-state index contributed by atoms with van der Waals surface area (Å²) in [5.74, 6) is 1.91. The molecule has 1 atom stereocenters. The van der Waals surface area contributed by atoms with Gasteiger partial charge in [0, 0.05) is 45.0 Å². The minimum Gasteiger partial charge on any atom is -0.375 e. The fourth-order valence-electron chi connectivity index (χ4n) is 4.10. The van der Waals surface area contributed by atoms with Gasteiger partial charge in [-0.1, -0.05) is 6.07 Å². The molecule has 0 amide bonds. The first kappa shape index (κ1) is 25.0. The Balaban J connectivity index is 0.00000289. The van der Waals surface area contributed by atoms with Crippen LogP contribution in [0.25, 0.3) is 0 Å². The van der Waals surface area contributed by atoms with E-state index in [9.17, 15) is 0 Å². The van der Waals surface area contributed by atoms with E-state index in [0.717, 1.165) is 69.5 Å². The highest BCUT2D eigenvalue weighted by atomic mass is 127. The second kappa shape index (κ2) is 12.6. The lowest BCUT2D eigenvalue weighted by Crippen LogP contribution is -2.48. The number of halogens is 1. The maximum Gasteiger partial charge on any atom is 0.191 e. The molecule has 0 spiro atoms. The summed E-state index contributed by atoms with van der Waals surface area (Å²) in [6, 6.07) is 9.03. The van der Waals surface area contributed by atoms with E-state index in [4.69, 9.17) is 9.73 Å². The number of piperidine rings is 1. The van der Waals surface area contributed by atoms with Gasteiger partial charge in [-0.3, -0.25) is 0 Å². The van der Waals surface area contributed by atoms with Crippen LogP contribution in [-0.2, 0) is 11.3 Å². The lowest BCUT2D eigenvalue weighted by molar-refractivity contribution is 0.0529. The second-order valence-corrected chi connectivity index (χ2v) is 9.13. The average molecular weight is 571 g/mol. The van der Waals surface area contributed by atoms with Crippen molar-refractivity contribution in [2.24, 2.45) is 4.99 Å². The molecule has 4 heterocycles. The maximum absolute atomic E-state index is 5.62. The molecule has 2 N–H and O–H groups in total. The van der Waals surface area contributed by atoms with Gasteiger partial charge in [0.2, 0.25) is 0 Å². The van der Waals surface area contributed by atoms with Crippen LogP contribution in [0.2, 0.25) is 0 Å². The summed E-state index contributed by atoms with van der Waals surface area (Å²) in [5.41, 5.74) is 1.12. The van der Waals surface area contributed by atoms with Crippen LogP contribution in [0.1, 0.15) is 32.3 Å². The Morgan fingerprint density at radius 2 is 2.06 bits per heavy atom. The molecule has 2 saturated heterocycles. The largest absolute Gasteiger partial charge is 0.375 e. The van der Waals surface area contributed by atoms with Crippen LogP contribution >= 0.6 is 35.3 Å². The quantitative estimate of drug-likeness (QED) is 0.314. The molecule has 2 aliphatic heterocycles. The standard InChI is InChI=1S/C23H34N6OS.HI/c1-3-24-23(27-20-8-10-28(11-9-20)22-5-4-14-31-22)26-16-19-6-7-21(25-15-19)29-12-13-30-18(2)17-29;/h4-7,14-15,18,20H,3,8-13,16-17H2,1-2H3,(H2,24,26,27);1H. The van der Waals surface area contributed by atoms with E-state index in [-0.39, 0.29) is 30.1 Å². The van der Waals surface area contributed by atoms with Gasteiger partial charge in [-0.05, 0) is 55.8 Å². The Labute approximate surface area is 212 Å². The van der Waals surface area contributed by atoms with Crippen molar-refractivity contribution in [3.05, 3.63) is 41.4 Å². The normalized spacial score (nSPS) is 20.1. The number of aromatic nitrogens is 1. The van der Waals surface area contributed by atoms with Gasteiger partial charge in [0.15, 0.2) is 5.96 Å². The third-order valence-corrected chi connectivity index (χ3v) is 6.72. The fraction of sp³-hybridized carbons (Fsp3) is 0.565. The van der Waals surface area contributed by atoms with Gasteiger partial charge in [0.25, 0.3) is 0 Å². The van der Waals surface area contributed by atoms with Crippen LogP contribution in [-0.4, -0.2) is 62.4 Å². The minimum absolute atomic E-state index is 0. The van der Waals surface area contributed by atoms with Gasteiger partial charge < -0.3 is 25.2 Å². The van der Waals surface area contributed by atoms with Crippen molar-refractivity contribution in [1.82, 2.24) is 15.6 Å². The van der Waals surface area contributed by atoms with Crippen molar-refractivity contribution < 1.29 is 4.74 Å². The smallest absolute Gasteiger partial charge is 0.191 e. The molecule has 1 unspecified atom stereocenters. The monoisotopic (exact) mass is 570 g/mol. The number of anilines is 2. The van der Waals surface area contributed by atoms with Crippen molar-refractivity contribution in [3.63, 3.8) is 0 Å². The van der Waals surface area contributed by atoms with Crippen molar-refractivity contribution in [3.8, 4) is 0 Å². The number of guanidine groups is 1. The average Bonchev–Trinajstić information content (AvgIpc) is 3.33. The van der Waals surface area contributed by atoms with E-state index in [0.29, 0.717) is 12.6 Å². The minimum atomic E-state index is 0. The zero-order chi connectivity index (χ0) is 21.5. The molecule has 7 nitrogen and oxygen atoms in total. The number of thiophene rings is 1. The zero-order valence-electron chi connectivity index (χ0n) is 19.0. The first-order chi connectivity index (χ1) is 15.2. The highest BCUT2D eigenvalue weighted by molar-refractivity contribution is 14.0. The molecule has 2 aromatic heterocycles. The summed E-state index contributed by atoms with van der Waals surface area (Å²) in [4.78, 5) is 14.2. The van der Waals surface area contributed by atoms with Crippen molar-refractivity contribution in [2.75, 3.05) is 49.1 Å². The van der Waals surface area contributed by atoms with E-state index >= 15 is 0 Å². The summed E-state index contributed by atoms with van der Waals surface area (Å²) >= 11 is 1.82. The Kier molecular flexibility index (Phi) is 9.86. The van der Waals surface area contributed by atoms with Crippen molar-refractivity contribution >= 4 is 52.1 Å². The highest BCUT2D eigenvalue weighted by Gasteiger charge is 2.21. The van der Waals surface area contributed by atoms with Gasteiger partial charge in [0.1, 0.15) is 5.82 Å². The molecule has 2 aromatic rings. The molecule has 0 aromatic carbocycles. The Bertz CT molecular complexity index is 824. The van der Waals surface area contributed by atoms with E-state index in [2.05, 4.69) is 68.9 Å². The van der Waals surface area contributed by atoms with Gasteiger partial charge in [-0.25, -0.2) is 9.98 Å². The van der Waals surface area contributed by atoms with Gasteiger partial charge in [-0.2, -0.15) is 0 Å². The van der Waals surface area contributed by atoms with Crippen LogP contribution in [0.3, 0.4) is 0 Å². The molecular formula is C23H35IN6OS. The predicted octanol–water partition coefficient (Wildman–Crippen LogP) is 3.71. The lowest BCUT2D eigenvalue weighted by atomic mass is 10.1. The molecular weight excluding hydrogens is 535 g/mol. The molecule has 9 heteroatoms. The number of aliphatic imine (C=N–C) groups is 1. The number of morpholine rings is 1. The summed E-state index contributed by atoms with van der Waals surface area (Å²) in [6.07, 6.45) is 4.44. The SMILES string of the molecule is CCNC(=NCc1ccc(N2CCOC(C)C2)nc1)NC1CCN(c2cccs2)CC1.I. The molecule has 176 valence electrons. The fourth-order valence-corrected chi connectivity index (χ4v) is 4.89. The molecule has 32 heavy (non-hydrogen) atoms. The second-order valence-electron chi connectivity index (χ2n) is 8.20. The third kappa shape index (κ3) is 6.95. The van der Waals surface area contributed by atoms with Gasteiger partial charge in [0.05, 0.1) is 24.3 Å². The molecule has 0 bridgehead atoms. The van der Waals surface area contributed by atoms with E-state index < -0.39 is 0 Å². The maximum atomic E-state index is 5.62. The molecule has 0 aliphatic carbocycles. The Hall–Kier alpha value is -1.59. The van der Waals surface area contributed by atoms with Crippen LogP contribution in [0.15, 0.2) is 40.8 Å². The summed E-state index contributed by atoms with van der Waals surface area (Å²) in [7, 11) is 0. The van der Waals surface area contributed by atoms with Gasteiger partial charge in [-0.15, -0.1) is 35.3 Å². The number of nitrogens with zero attached hydrogens (tertiary/aromatic N) is 4. The van der Waals surface area contributed by atoms with E-state index in [1.54, 1.807) is 0 Å². The lowest BCUT2D eigenvalue weighted by Gasteiger charge is -2.33. The topological polar surface area (TPSA) is 65.0 Å². The number of pyridine rings is 1. The molecule has 0 radical (unpaired) electrons. The Morgan fingerprint density at radius 1 is 1.22 bits per heavy atom. The number of hydrogen-bond donors (Lipinski definition) is 2. The first-order valence-electron chi connectivity index (χ1n) is 11.4. The van der Waals surface area contributed by atoms with Crippen LogP contribution in [0.5, 0.6) is 0 Å². The number of rotatable bonds is 6. The number of nitrogens with one attached hydrogen (secondary N) is 2. The van der Waals surface area contributed by atoms with Gasteiger partial charge >= 0.3 is 0 Å². The molecule has 0 saturated carbocycles. The summed E-state index contributed by atoms with van der Waals surface area (Å²) in [5, 5.41) is 10.6.